The monoisotopic (exact) mass is 411 g/mol. The van der Waals surface area contributed by atoms with Gasteiger partial charge in [-0.3, -0.25) is 4.79 Å². The Hall–Kier alpha value is -3.02. The predicted molar refractivity (Wildman–Crippen MR) is 114 cm³/mol. The van der Waals surface area contributed by atoms with E-state index in [0.717, 1.165) is 24.2 Å². The van der Waals surface area contributed by atoms with Crippen molar-refractivity contribution in [2.75, 3.05) is 20.3 Å². The molecule has 0 aromatic heterocycles. The molecule has 2 aromatic carbocycles. The lowest BCUT2D eigenvalue weighted by atomic mass is 10.2. The fraction of sp³-hybridized carbons (Fsp3) is 0.417. The predicted octanol–water partition coefficient (Wildman–Crippen LogP) is 4.08. The lowest BCUT2D eigenvalue weighted by Gasteiger charge is -2.22. The molecule has 0 spiro atoms. The summed E-state index contributed by atoms with van der Waals surface area (Å²) in [7, 11) is 1.62. The third-order valence-corrected chi connectivity index (χ3v) is 4.80. The molecule has 1 aliphatic rings. The van der Waals surface area contributed by atoms with Gasteiger partial charge in [-0.05, 0) is 54.7 Å². The molecule has 1 fully saturated rings. The van der Waals surface area contributed by atoms with Gasteiger partial charge in [0, 0.05) is 12.6 Å². The highest BCUT2D eigenvalue weighted by atomic mass is 16.5. The van der Waals surface area contributed by atoms with Gasteiger partial charge in [-0.25, -0.2) is 4.79 Å². The molecule has 0 N–H and O–H groups in total. The number of carbonyl (C=O) groups is 2. The maximum atomic E-state index is 12.7. The van der Waals surface area contributed by atoms with E-state index in [-0.39, 0.29) is 18.6 Å². The van der Waals surface area contributed by atoms with Crippen molar-refractivity contribution < 1.29 is 23.8 Å². The van der Waals surface area contributed by atoms with E-state index in [1.54, 1.807) is 36.3 Å². The Morgan fingerprint density at radius 1 is 1.07 bits per heavy atom. The maximum Gasteiger partial charge on any atom is 0.338 e. The molecule has 0 bridgehead atoms. The minimum Gasteiger partial charge on any atom is -0.497 e. The second kappa shape index (κ2) is 10.1. The van der Waals surface area contributed by atoms with E-state index in [0.29, 0.717) is 30.4 Å². The molecule has 0 aliphatic heterocycles. The van der Waals surface area contributed by atoms with Crippen molar-refractivity contribution in [3.05, 3.63) is 59.7 Å². The first-order chi connectivity index (χ1) is 14.5. The van der Waals surface area contributed by atoms with Crippen LogP contribution in [0, 0.1) is 5.92 Å². The van der Waals surface area contributed by atoms with Crippen LogP contribution in [-0.4, -0.2) is 43.1 Å². The summed E-state index contributed by atoms with van der Waals surface area (Å²) in [6, 6.07) is 14.7. The van der Waals surface area contributed by atoms with Gasteiger partial charge in [-0.2, -0.15) is 0 Å². The zero-order valence-electron chi connectivity index (χ0n) is 17.8. The highest BCUT2D eigenvalue weighted by molar-refractivity contribution is 5.91. The molecule has 1 saturated carbocycles. The van der Waals surface area contributed by atoms with E-state index in [9.17, 15) is 9.59 Å². The van der Waals surface area contributed by atoms with E-state index in [1.807, 2.05) is 24.3 Å². The number of nitrogens with zero attached hydrogens (tertiary/aromatic N) is 1. The molecular weight excluding hydrogens is 382 g/mol. The topological polar surface area (TPSA) is 65.1 Å². The Balaban J connectivity index is 1.56. The van der Waals surface area contributed by atoms with E-state index >= 15 is 0 Å². The second-order valence-corrected chi connectivity index (χ2v) is 7.91. The quantitative estimate of drug-likeness (QED) is 0.551. The number of rotatable bonds is 10. The van der Waals surface area contributed by atoms with Crippen LogP contribution in [0.1, 0.15) is 42.6 Å². The summed E-state index contributed by atoms with van der Waals surface area (Å²) in [5, 5.41) is 0. The number of ether oxygens (including phenoxy) is 3. The minimum absolute atomic E-state index is 0.186. The number of hydrogen-bond acceptors (Lipinski definition) is 5. The Kier molecular flexibility index (Phi) is 7.33. The molecule has 0 heterocycles. The Bertz CT molecular complexity index is 858. The molecule has 1 amide bonds. The van der Waals surface area contributed by atoms with Crippen LogP contribution in [0.2, 0.25) is 0 Å². The largest absolute Gasteiger partial charge is 0.497 e. The number of esters is 1. The Morgan fingerprint density at radius 2 is 1.80 bits per heavy atom. The fourth-order valence-electron chi connectivity index (χ4n) is 3.00. The lowest BCUT2D eigenvalue weighted by molar-refractivity contribution is -0.135. The molecule has 30 heavy (non-hydrogen) atoms. The Labute approximate surface area is 177 Å². The second-order valence-electron chi connectivity index (χ2n) is 7.91. The van der Waals surface area contributed by atoms with Crippen molar-refractivity contribution in [2.24, 2.45) is 5.92 Å². The van der Waals surface area contributed by atoms with Gasteiger partial charge in [0.05, 0.1) is 19.3 Å². The van der Waals surface area contributed by atoms with Gasteiger partial charge in [-0.15, -0.1) is 0 Å². The third-order valence-electron chi connectivity index (χ3n) is 4.80. The normalized spacial score (nSPS) is 13.1. The molecule has 0 unspecified atom stereocenters. The van der Waals surface area contributed by atoms with E-state index < -0.39 is 5.97 Å². The molecule has 6 nitrogen and oxygen atoms in total. The number of carbonyl (C=O) groups excluding carboxylic acids is 2. The molecule has 1 aliphatic carbocycles. The molecule has 3 rings (SSSR count). The van der Waals surface area contributed by atoms with Crippen LogP contribution >= 0.6 is 0 Å². The summed E-state index contributed by atoms with van der Waals surface area (Å²) in [5.74, 6) is 1.06. The van der Waals surface area contributed by atoms with Gasteiger partial charge in [0.25, 0.3) is 5.91 Å². The van der Waals surface area contributed by atoms with Crippen molar-refractivity contribution in [1.82, 2.24) is 4.90 Å². The highest BCUT2D eigenvalue weighted by Gasteiger charge is 2.33. The molecule has 160 valence electrons. The average molecular weight is 411 g/mol. The number of hydrogen-bond donors (Lipinski definition) is 0. The van der Waals surface area contributed by atoms with Crippen molar-refractivity contribution in [2.45, 2.75) is 39.3 Å². The van der Waals surface area contributed by atoms with Crippen LogP contribution in [0.5, 0.6) is 11.5 Å². The zero-order valence-corrected chi connectivity index (χ0v) is 17.8. The van der Waals surface area contributed by atoms with Crippen LogP contribution in [0.15, 0.2) is 48.5 Å². The summed E-state index contributed by atoms with van der Waals surface area (Å²) >= 11 is 0. The van der Waals surface area contributed by atoms with Crippen LogP contribution in [0.4, 0.5) is 0 Å². The van der Waals surface area contributed by atoms with Crippen LogP contribution in [-0.2, 0) is 16.1 Å². The fourth-order valence-corrected chi connectivity index (χ4v) is 3.00. The summed E-state index contributed by atoms with van der Waals surface area (Å²) in [6.45, 7) is 4.90. The zero-order chi connectivity index (χ0) is 21.5. The number of amides is 1. The molecular formula is C24H29NO5. The third kappa shape index (κ3) is 6.24. The molecule has 0 saturated heterocycles. The van der Waals surface area contributed by atoms with Crippen LogP contribution < -0.4 is 9.47 Å². The van der Waals surface area contributed by atoms with Crippen LogP contribution in [0.25, 0.3) is 0 Å². The summed E-state index contributed by atoms with van der Waals surface area (Å²) < 4.78 is 16.1. The van der Waals surface area contributed by atoms with E-state index in [1.165, 1.54) is 0 Å². The molecule has 2 aromatic rings. The van der Waals surface area contributed by atoms with Crippen molar-refractivity contribution in [3.63, 3.8) is 0 Å². The van der Waals surface area contributed by atoms with Gasteiger partial charge in [-0.1, -0.05) is 32.0 Å². The van der Waals surface area contributed by atoms with Gasteiger partial charge in [0.2, 0.25) is 0 Å². The molecule has 0 radical (unpaired) electrons. The van der Waals surface area contributed by atoms with E-state index in [4.69, 9.17) is 14.2 Å². The first kappa shape index (κ1) is 21.7. The van der Waals surface area contributed by atoms with Crippen molar-refractivity contribution in [3.8, 4) is 11.5 Å². The van der Waals surface area contributed by atoms with Gasteiger partial charge < -0.3 is 19.1 Å². The van der Waals surface area contributed by atoms with Crippen molar-refractivity contribution >= 4 is 11.9 Å². The first-order valence-electron chi connectivity index (χ1n) is 10.3. The standard InChI is InChI=1S/C24H29NO5/c1-17(2)15-29-22-6-4-5-19(13-22)24(27)30-16-23(26)25(20-9-10-20)14-18-7-11-21(28-3)12-8-18/h4-8,11-13,17,20H,9-10,14-16H2,1-3H3. The summed E-state index contributed by atoms with van der Waals surface area (Å²) in [6.07, 6.45) is 1.95. The maximum absolute atomic E-state index is 12.7. The summed E-state index contributed by atoms with van der Waals surface area (Å²) in [4.78, 5) is 26.9. The first-order valence-corrected chi connectivity index (χ1v) is 10.3. The molecule has 0 atom stereocenters. The van der Waals surface area contributed by atoms with Gasteiger partial charge in [0.15, 0.2) is 6.61 Å². The van der Waals surface area contributed by atoms with Crippen LogP contribution in [0.3, 0.4) is 0 Å². The van der Waals surface area contributed by atoms with E-state index in [2.05, 4.69) is 13.8 Å². The smallest absolute Gasteiger partial charge is 0.338 e. The van der Waals surface area contributed by atoms with Gasteiger partial charge >= 0.3 is 5.97 Å². The van der Waals surface area contributed by atoms with Gasteiger partial charge in [0.1, 0.15) is 11.5 Å². The summed E-state index contributed by atoms with van der Waals surface area (Å²) in [5.41, 5.74) is 1.38. The SMILES string of the molecule is COc1ccc(CN(C(=O)COC(=O)c2cccc(OCC(C)C)c2)C2CC2)cc1. The lowest BCUT2D eigenvalue weighted by Crippen LogP contribution is -2.36. The number of methoxy groups -OCH3 is 1. The minimum atomic E-state index is -0.529. The average Bonchev–Trinajstić information content (AvgIpc) is 3.60. The molecule has 6 heteroatoms. The van der Waals surface area contributed by atoms with Crippen molar-refractivity contribution in [1.29, 1.82) is 0 Å². The highest BCUT2D eigenvalue weighted by Crippen LogP contribution is 2.29. The Morgan fingerprint density at radius 3 is 2.43 bits per heavy atom. The number of benzene rings is 2.